The lowest BCUT2D eigenvalue weighted by atomic mass is 9.90. The maximum atomic E-state index is 14.1. The molecule has 6 rings (SSSR count). The number of carbonyl (C=O) groups excluding carboxylic acids is 1. The highest BCUT2D eigenvalue weighted by Gasteiger charge is 2.28. The van der Waals surface area contributed by atoms with Gasteiger partial charge in [-0.1, -0.05) is 36.4 Å². The molecule has 0 aliphatic carbocycles. The minimum absolute atomic E-state index is 0.00167. The number of amides is 1. The van der Waals surface area contributed by atoms with E-state index < -0.39 is 23.0 Å². The molecule has 46 heavy (non-hydrogen) atoms. The lowest BCUT2D eigenvalue weighted by Crippen LogP contribution is -2.22. The highest BCUT2D eigenvalue weighted by atomic mass is 16.5. The Kier molecular flexibility index (Phi) is 9.26. The van der Waals surface area contributed by atoms with Crippen LogP contribution >= 0.6 is 0 Å². The molecule has 0 atom stereocenters. The summed E-state index contributed by atoms with van der Waals surface area (Å²) < 4.78 is 10.5. The number of carboxylic acid groups (broad SMARTS) is 1. The Morgan fingerprint density at radius 1 is 0.783 bits per heavy atom. The number of hydrogen-bond acceptors (Lipinski definition) is 7. The number of hydrogen-bond donors (Lipinski definition) is 5. The van der Waals surface area contributed by atoms with Gasteiger partial charge in [-0.3, -0.25) is 24.8 Å². The number of aromatic amines is 1. The maximum absolute atomic E-state index is 14.1. The molecule has 0 unspecified atom stereocenters. The molecule has 0 aliphatic rings. The van der Waals surface area contributed by atoms with Gasteiger partial charge < -0.3 is 25.2 Å². The normalized spacial score (nSPS) is 11.2. The van der Waals surface area contributed by atoms with Gasteiger partial charge in [-0.25, -0.2) is 4.79 Å². The standard InChI is InChI=1S/C35H34N4O7/c1-18-7-5-9-20(13-15-45-3)29(18)37-31(36)28-25(35(43)44)17-24(26-22-11-12-23(27(26)28)33(41)39-32(22)40)34(42)38-30-19(2)8-6-10-21(30)14-16-46-4/h5-12,17H,13-16H2,1-4H3,(H2,36,37)(H,38,42)(H,43,44)(H,39,40,41). The number of H-pyrrole nitrogens is 1. The second-order valence-electron chi connectivity index (χ2n) is 11.0. The van der Waals surface area contributed by atoms with Gasteiger partial charge in [0, 0.05) is 58.3 Å². The van der Waals surface area contributed by atoms with Crippen molar-refractivity contribution in [2.45, 2.75) is 26.7 Å². The number of carbonyl (C=O) groups is 2. The van der Waals surface area contributed by atoms with Crippen molar-refractivity contribution < 1.29 is 24.2 Å². The predicted octanol–water partition coefficient (Wildman–Crippen LogP) is 4.86. The Morgan fingerprint density at radius 3 is 1.83 bits per heavy atom. The van der Waals surface area contributed by atoms with Crippen LogP contribution in [0.25, 0.3) is 21.5 Å². The number of aryl methyl sites for hydroxylation is 2. The van der Waals surface area contributed by atoms with Gasteiger partial charge >= 0.3 is 5.97 Å². The highest BCUT2D eigenvalue weighted by molar-refractivity contribution is 6.30. The van der Waals surface area contributed by atoms with Gasteiger partial charge in [0.05, 0.1) is 18.8 Å². The lowest BCUT2D eigenvalue weighted by molar-refractivity contribution is 0.0696. The van der Waals surface area contributed by atoms with E-state index in [9.17, 15) is 29.7 Å². The fourth-order valence-electron chi connectivity index (χ4n) is 5.81. The third kappa shape index (κ3) is 5.97. The zero-order valence-electron chi connectivity index (χ0n) is 25.9. The maximum Gasteiger partial charge on any atom is 0.336 e. The molecule has 1 amide bonds. The number of amidine groups is 1. The fraction of sp³-hybridized carbons (Fsp3) is 0.229. The second-order valence-corrected chi connectivity index (χ2v) is 11.0. The number of para-hydroxylation sites is 2. The van der Waals surface area contributed by atoms with Gasteiger partial charge in [0.1, 0.15) is 5.84 Å². The minimum Gasteiger partial charge on any atom is -0.478 e. The van der Waals surface area contributed by atoms with E-state index in [1.54, 1.807) is 14.2 Å². The molecule has 11 heteroatoms. The first-order valence-corrected chi connectivity index (χ1v) is 14.6. The number of fused-ring (bicyclic) bond motifs is 3. The number of nitrogens with one attached hydrogen (secondary N) is 4. The molecule has 0 saturated carbocycles. The molecule has 2 bridgehead atoms. The minimum atomic E-state index is -1.42. The number of aromatic carboxylic acids is 1. The van der Waals surface area contributed by atoms with Gasteiger partial charge in [0.2, 0.25) is 0 Å². The predicted molar refractivity (Wildman–Crippen MR) is 178 cm³/mol. The first-order valence-electron chi connectivity index (χ1n) is 14.6. The molecule has 0 spiro atoms. The molecule has 6 aromatic rings. The SMILES string of the molecule is COCCc1cccc(C)c1NC(=N)c1c(C(=O)O)cc(C(=O)Nc2c(C)cccc2CCOC)c2c3ccc(c(=O)[nH]c3=O)c12. The summed E-state index contributed by atoms with van der Waals surface area (Å²) in [4.78, 5) is 55.7. The van der Waals surface area contributed by atoms with Crippen LogP contribution in [0, 0.1) is 19.3 Å². The van der Waals surface area contributed by atoms with E-state index in [0.29, 0.717) is 37.4 Å². The molecule has 11 nitrogen and oxygen atoms in total. The van der Waals surface area contributed by atoms with Crippen LogP contribution in [0.1, 0.15) is 48.5 Å². The number of methoxy groups -OCH3 is 2. The Labute approximate surface area is 264 Å². The van der Waals surface area contributed by atoms with Crippen molar-refractivity contribution in [2.24, 2.45) is 0 Å². The molecule has 0 saturated heterocycles. The Hall–Kier alpha value is -5.39. The van der Waals surface area contributed by atoms with E-state index in [-0.39, 0.29) is 44.1 Å². The molecule has 0 radical (unpaired) electrons. The Balaban J connectivity index is 1.77. The summed E-state index contributed by atoms with van der Waals surface area (Å²) in [6.45, 7) is 4.51. The van der Waals surface area contributed by atoms with Crippen molar-refractivity contribution in [1.82, 2.24) is 4.98 Å². The van der Waals surface area contributed by atoms with Crippen molar-refractivity contribution in [3.05, 3.63) is 114 Å². The summed E-state index contributed by atoms with van der Waals surface area (Å²) in [6, 6.07) is 15.2. The largest absolute Gasteiger partial charge is 0.478 e. The van der Waals surface area contributed by atoms with Gasteiger partial charge in [-0.15, -0.1) is 0 Å². The Bertz CT molecular complexity index is 2120. The van der Waals surface area contributed by atoms with E-state index in [1.807, 2.05) is 50.2 Å². The monoisotopic (exact) mass is 622 g/mol. The van der Waals surface area contributed by atoms with Crippen LogP contribution in [-0.2, 0) is 22.3 Å². The number of ether oxygens (including phenoxy) is 2. The molecular weight excluding hydrogens is 588 g/mol. The van der Waals surface area contributed by atoms with Gasteiger partial charge in [-0.2, -0.15) is 0 Å². The van der Waals surface area contributed by atoms with Gasteiger partial charge in [0.25, 0.3) is 17.0 Å². The number of benzene rings is 4. The molecule has 236 valence electrons. The fourth-order valence-corrected chi connectivity index (χ4v) is 5.81. The lowest BCUT2D eigenvalue weighted by Gasteiger charge is -2.20. The zero-order chi connectivity index (χ0) is 33.1. The van der Waals surface area contributed by atoms with Crippen molar-refractivity contribution in [3.8, 4) is 0 Å². The van der Waals surface area contributed by atoms with Crippen LogP contribution in [-0.4, -0.2) is 55.2 Å². The third-order valence-electron chi connectivity index (χ3n) is 8.08. The summed E-state index contributed by atoms with van der Waals surface area (Å²) in [5, 5.41) is 25.7. The van der Waals surface area contributed by atoms with Crippen LogP contribution in [0.3, 0.4) is 0 Å². The van der Waals surface area contributed by atoms with Crippen LogP contribution in [0.5, 0.6) is 0 Å². The zero-order valence-corrected chi connectivity index (χ0v) is 25.9. The summed E-state index contributed by atoms with van der Waals surface area (Å²) in [5.41, 5.74) is 2.20. The van der Waals surface area contributed by atoms with Gasteiger partial charge in [0.15, 0.2) is 0 Å². The van der Waals surface area contributed by atoms with E-state index in [0.717, 1.165) is 22.3 Å². The van der Waals surface area contributed by atoms with Crippen molar-refractivity contribution >= 4 is 50.6 Å². The van der Waals surface area contributed by atoms with Crippen LogP contribution in [0.4, 0.5) is 11.4 Å². The summed E-state index contributed by atoms with van der Waals surface area (Å²) >= 11 is 0. The first-order chi connectivity index (χ1) is 22.1. The topological polar surface area (TPSA) is 171 Å². The number of carboxylic acids is 1. The second kappa shape index (κ2) is 13.3. The smallest absolute Gasteiger partial charge is 0.336 e. The molecular formula is C35H34N4O7. The summed E-state index contributed by atoms with van der Waals surface area (Å²) in [5.74, 6) is -2.41. The van der Waals surface area contributed by atoms with Crippen molar-refractivity contribution in [2.75, 3.05) is 38.1 Å². The first kappa shape index (κ1) is 32.0. The van der Waals surface area contributed by atoms with E-state index in [1.165, 1.54) is 18.2 Å². The third-order valence-corrected chi connectivity index (χ3v) is 8.08. The molecule has 2 aromatic heterocycles. The van der Waals surface area contributed by atoms with Crippen LogP contribution in [0.15, 0.2) is 64.2 Å². The molecule has 0 fully saturated rings. The van der Waals surface area contributed by atoms with E-state index >= 15 is 0 Å². The number of aromatic nitrogens is 1. The molecule has 4 aromatic carbocycles. The highest BCUT2D eigenvalue weighted by Crippen LogP contribution is 2.34. The van der Waals surface area contributed by atoms with E-state index in [4.69, 9.17) is 9.47 Å². The molecule has 5 N–H and O–H groups in total. The summed E-state index contributed by atoms with van der Waals surface area (Å²) in [6.07, 6.45) is 1.03. The average molecular weight is 623 g/mol. The molecule has 0 aliphatic heterocycles. The van der Waals surface area contributed by atoms with Crippen molar-refractivity contribution in [1.29, 1.82) is 5.41 Å². The van der Waals surface area contributed by atoms with Gasteiger partial charge in [-0.05, 0) is 67.1 Å². The molecule has 2 heterocycles. The van der Waals surface area contributed by atoms with Crippen molar-refractivity contribution in [3.63, 3.8) is 0 Å². The Morgan fingerprint density at radius 2 is 1.30 bits per heavy atom. The van der Waals surface area contributed by atoms with E-state index in [2.05, 4.69) is 15.6 Å². The average Bonchev–Trinajstić information content (AvgIpc) is 3.23. The van der Waals surface area contributed by atoms with Crippen LogP contribution < -0.4 is 21.8 Å². The van der Waals surface area contributed by atoms with Crippen LogP contribution in [0.2, 0.25) is 0 Å². The number of rotatable bonds is 11. The summed E-state index contributed by atoms with van der Waals surface area (Å²) in [7, 11) is 3.16. The number of anilines is 2. The quantitative estimate of drug-likeness (QED) is 0.103.